The van der Waals surface area contributed by atoms with Crippen molar-refractivity contribution >= 4 is 28.4 Å². The summed E-state index contributed by atoms with van der Waals surface area (Å²) in [5, 5.41) is 10.4. The summed E-state index contributed by atoms with van der Waals surface area (Å²) >= 11 is 1.66. The van der Waals surface area contributed by atoms with E-state index in [4.69, 9.17) is 0 Å². The van der Waals surface area contributed by atoms with E-state index >= 15 is 0 Å². The van der Waals surface area contributed by atoms with Gasteiger partial charge in [-0.3, -0.25) is 13.8 Å². The molecule has 150 valence electrons. The Morgan fingerprint density at radius 1 is 1.07 bits per heavy atom. The Hall–Kier alpha value is -2.60. The molecule has 0 atom stereocenters. The number of hydrogen-bond acceptors (Lipinski definition) is 4. The van der Waals surface area contributed by atoms with E-state index in [9.17, 15) is 4.79 Å². The van der Waals surface area contributed by atoms with Crippen LogP contribution in [-0.4, -0.2) is 19.2 Å². The average molecular weight is 407 g/mol. The number of fused-ring (bicyclic) bond motifs is 3. The molecule has 0 aliphatic heterocycles. The summed E-state index contributed by atoms with van der Waals surface area (Å²) < 4.78 is 3.83. The molecule has 29 heavy (non-hydrogen) atoms. The summed E-state index contributed by atoms with van der Waals surface area (Å²) in [5.41, 5.74) is 4.51. The predicted molar refractivity (Wildman–Crippen MR) is 120 cm³/mol. The lowest BCUT2D eigenvalue weighted by atomic mass is 10.1. The molecule has 0 saturated carbocycles. The molecular weight excluding hydrogens is 380 g/mol. The molecule has 0 spiro atoms. The topological polar surface area (TPSA) is 52.2 Å². The highest BCUT2D eigenvalue weighted by Crippen LogP contribution is 2.26. The molecule has 0 N–H and O–H groups in total. The lowest BCUT2D eigenvalue weighted by molar-refractivity contribution is 0.512. The van der Waals surface area contributed by atoms with Gasteiger partial charge in [0.2, 0.25) is 5.78 Å². The summed E-state index contributed by atoms with van der Waals surface area (Å²) in [6.45, 7) is 9.12. The van der Waals surface area contributed by atoms with Crippen LogP contribution >= 0.6 is 11.8 Å². The number of hydrogen-bond donors (Lipinski definition) is 0. The summed E-state index contributed by atoms with van der Waals surface area (Å²) in [5.74, 6) is 1.94. The fourth-order valence-electron chi connectivity index (χ4n) is 3.50. The summed E-state index contributed by atoms with van der Waals surface area (Å²) in [6.07, 6.45) is 0.922. The van der Waals surface area contributed by atoms with Gasteiger partial charge in [0.1, 0.15) is 0 Å². The van der Waals surface area contributed by atoms with Gasteiger partial charge >= 0.3 is 0 Å². The van der Waals surface area contributed by atoms with Crippen molar-refractivity contribution in [1.82, 2.24) is 19.2 Å². The molecule has 4 aromatic rings. The minimum absolute atomic E-state index is 0.0136. The molecule has 0 aliphatic carbocycles. The lowest BCUT2D eigenvalue weighted by Crippen LogP contribution is -2.24. The van der Waals surface area contributed by atoms with Crippen LogP contribution in [0.1, 0.15) is 37.0 Å². The number of thioether (sulfide) groups is 1. The fraction of sp³-hybridized carbons (Fsp3) is 0.348. The number of aryl methyl sites for hydroxylation is 3. The maximum Gasteiger partial charge on any atom is 0.262 e. The first-order chi connectivity index (χ1) is 14.0. The molecule has 0 bridgehead atoms. The molecule has 2 aromatic carbocycles. The van der Waals surface area contributed by atoms with Crippen LogP contribution < -0.4 is 5.56 Å². The van der Waals surface area contributed by atoms with Crippen LogP contribution in [0.3, 0.4) is 0 Å². The highest BCUT2D eigenvalue weighted by atomic mass is 32.2. The van der Waals surface area contributed by atoms with Crippen LogP contribution in [0.15, 0.2) is 52.4 Å². The first-order valence-corrected chi connectivity index (χ1v) is 11.0. The highest BCUT2D eigenvalue weighted by Gasteiger charge is 2.17. The minimum Gasteiger partial charge on any atom is -0.276 e. The second kappa shape index (κ2) is 8.03. The average Bonchev–Trinajstić information content (AvgIpc) is 3.11. The first-order valence-electron chi connectivity index (χ1n) is 10.0. The largest absolute Gasteiger partial charge is 0.276 e. The lowest BCUT2D eigenvalue weighted by Gasteiger charge is -2.13. The quantitative estimate of drug-likeness (QED) is 0.423. The van der Waals surface area contributed by atoms with Crippen LogP contribution in [0.4, 0.5) is 0 Å². The van der Waals surface area contributed by atoms with Gasteiger partial charge in [0, 0.05) is 12.3 Å². The van der Waals surface area contributed by atoms with Crippen molar-refractivity contribution in [3.63, 3.8) is 0 Å². The van der Waals surface area contributed by atoms with Gasteiger partial charge in [-0.2, -0.15) is 0 Å². The number of aromatic nitrogens is 4. The smallest absolute Gasteiger partial charge is 0.262 e. The number of benzene rings is 2. The van der Waals surface area contributed by atoms with Gasteiger partial charge in [-0.25, -0.2) is 0 Å². The van der Waals surface area contributed by atoms with Crippen molar-refractivity contribution in [3.05, 3.63) is 69.5 Å². The fourth-order valence-corrected chi connectivity index (χ4v) is 4.51. The molecule has 0 aliphatic rings. The summed E-state index contributed by atoms with van der Waals surface area (Å²) in [4.78, 5) is 13.2. The molecule has 0 saturated heterocycles. The third kappa shape index (κ3) is 3.81. The van der Waals surface area contributed by atoms with Crippen LogP contribution in [0, 0.1) is 19.8 Å². The summed E-state index contributed by atoms with van der Waals surface area (Å²) in [6, 6.07) is 14.4. The zero-order valence-corrected chi connectivity index (χ0v) is 18.2. The van der Waals surface area contributed by atoms with Gasteiger partial charge in [-0.15, -0.1) is 10.2 Å². The normalized spacial score (nSPS) is 11.8. The van der Waals surface area contributed by atoms with Crippen molar-refractivity contribution in [3.8, 4) is 0 Å². The van der Waals surface area contributed by atoms with E-state index < -0.39 is 0 Å². The van der Waals surface area contributed by atoms with E-state index in [1.54, 1.807) is 16.3 Å². The van der Waals surface area contributed by atoms with Gasteiger partial charge in [-0.1, -0.05) is 61.5 Å². The standard InChI is InChI=1S/C23H26N4OS/c1-15(2)11-12-26-21(28)19-13-16(3)9-10-20(19)27-22(26)24-25-23(27)29-14-18-8-6-5-7-17(18)4/h5-10,13,15H,11-12,14H2,1-4H3. The molecule has 0 unspecified atom stereocenters. The Balaban J connectivity index is 1.85. The molecule has 5 nitrogen and oxygen atoms in total. The van der Waals surface area contributed by atoms with Crippen LogP contribution in [0.2, 0.25) is 0 Å². The maximum absolute atomic E-state index is 13.2. The van der Waals surface area contributed by atoms with E-state index in [-0.39, 0.29) is 5.56 Å². The monoisotopic (exact) mass is 406 g/mol. The second-order valence-corrected chi connectivity index (χ2v) is 8.94. The Morgan fingerprint density at radius 3 is 2.62 bits per heavy atom. The van der Waals surface area contributed by atoms with Gasteiger partial charge in [0.25, 0.3) is 5.56 Å². The molecule has 6 heteroatoms. The van der Waals surface area contributed by atoms with E-state index in [0.29, 0.717) is 18.2 Å². The molecule has 0 radical (unpaired) electrons. The first kappa shape index (κ1) is 19.7. The van der Waals surface area contributed by atoms with Gasteiger partial charge in [0.15, 0.2) is 5.16 Å². The third-order valence-electron chi connectivity index (χ3n) is 5.27. The highest BCUT2D eigenvalue weighted by molar-refractivity contribution is 7.98. The van der Waals surface area contributed by atoms with Crippen molar-refractivity contribution in [2.24, 2.45) is 5.92 Å². The number of nitrogens with zero attached hydrogens (tertiary/aromatic N) is 4. The molecular formula is C23H26N4OS. The maximum atomic E-state index is 13.2. The number of rotatable bonds is 6. The Labute approximate surface area is 174 Å². The zero-order valence-electron chi connectivity index (χ0n) is 17.3. The zero-order chi connectivity index (χ0) is 20.5. The Morgan fingerprint density at radius 2 is 1.86 bits per heavy atom. The van der Waals surface area contributed by atoms with E-state index in [1.807, 2.05) is 29.5 Å². The Bertz CT molecular complexity index is 1240. The van der Waals surface area contributed by atoms with Gasteiger partial charge < -0.3 is 0 Å². The van der Waals surface area contributed by atoms with Crippen molar-refractivity contribution in [2.75, 3.05) is 0 Å². The van der Waals surface area contributed by atoms with Gasteiger partial charge in [-0.05, 0) is 49.4 Å². The molecule has 2 aromatic heterocycles. The van der Waals surface area contributed by atoms with E-state index in [0.717, 1.165) is 33.8 Å². The van der Waals surface area contributed by atoms with E-state index in [1.165, 1.54) is 11.1 Å². The Kier molecular flexibility index (Phi) is 5.46. The SMILES string of the molecule is Cc1ccc2c(c1)c(=O)n(CCC(C)C)c1nnc(SCc3ccccc3C)n21. The van der Waals surface area contributed by atoms with Crippen molar-refractivity contribution in [1.29, 1.82) is 0 Å². The molecule has 4 rings (SSSR count). The molecule has 2 heterocycles. The third-order valence-corrected chi connectivity index (χ3v) is 6.25. The van der Waals surface area contributed by atoms with E-state index in [2.05, 4.69) is 55.2 Å². The molecule has 0 amide bonds. The second-order valence-electron chi connectivity index (χ2n) is 7.99. The van der Waals surface area contributed by atoms with Crippen LogP contribution in [-0.2, 0) is 12.3 Å². The van der Waals surface area contributed by atoms with Crippen molar-refractivity contribution in [2.45, 2.75) is 51.6 Å². The van der Waals surface area contributed by atoms with Gasteiger partial charge in [0.05, 0.1) is 10.9 Å². The summed E-state index contributed by atoms with van der Waals surface area (Å²) in [7, 11) is 0. The predicted octanol–water partition coefficient (Wildman–Crippen LogP) is 5.00. The van der Waals surface area contributed by atoms with Crippen LogP contribution in [0.25, 0.3) is 16.7 Å². The molecule has 0 fully saturated rings. The van der Waals surface area contributed by atoms with Crippen molar-refractivity contribution < 1.29 is 0 Å². The minimum atomic E-state index is 0.0136. The van der Waals surface area contributed by atoms with Crippen LogP contribution in [0.5, 0.6) is 0 Å².